The zero-order valence-electron chi connectivity index (χ0n) is 29.7. The number of pyridine rings is 2. The fourth-order valence-electron chi connectivity index (χ4n) is 8.27. The SMILES string of the molecule is c1ccc(-c2nc(-c3ccccc3)n(-c3cc(-n4c5ccccc5c5ccncc54)cc(-n4c5ccccc5c5ccncc54)c3)c2-c2ccccc2)cc1. The number of imidazole rings is 1. The Kier molecular flexibility index (Phi) is 7.07. The zero-order chi connectivity index (χ0) is 36.3. The molecule has 11 aromatic rings. The number of hydrogen-bond acceptors (Lipinski definition) is 3. The first-order chi connectivity index (χ1) is 27.3. The van der Waals surface area contributed by atoms with E-state index in [1.165, 1.54) is 10.8 Å². The molecule has 0 radical (unpaired) electrons. The fourth-order valence-corrected chi connectivity index (χ4v) is 8.27. The molecule has 0 amide bonds. The van der Waals surface area contributed by atoms with E-state index >= 15 is 0 Å². The van der Waals surface area contributed by atoms with E-state index in [2.05, 4.69) is 194 Å². The molecule has 6 nitrogen and oxygen atoms in total. The highest BCUT2D eigenvalue weighted by Gasteiger charge is 2.25. The van der Waals surface area contributed by atoms with Gasteiger partial charge in [-0.05, 0) is 42.5 Å². The first-order valence-corrected chi connectivity index (χ1v) is 18.4. The number of aromatic nitrogens is 6. The second-order valence-corrected chi connectivity index (χ2v) is 13.8. The first-order valence-electron chi connectivity index (χ1n) is 18.4. The Bertz CT molecular complexity index is 2950. The lowest BCUT2D eigenvalue weighted by molar-refractivity contribution is 1.05. The van der Waals surface area contributed by atoms with Crippen LogP contribution in [0.4, 0.5) is 0 Å². The molecule has 0 bridgehead atoms. The molecule has 55 heavy (non-hydrogen) atoms. The van der Waals surface area contributed by atoms with Crippen molar-refractivity contribution in [2.75, 3.05) is 0 Å². The van der Waals surface area contributed by atoms with Crippen LogP contribution in [0.15, 0.2) is 195 Å². The van der Waals surface area contributed by atoms with Crippen LogP contribution in [0.3, 0.4) is 0 Å². The van der Waals surface area contributed by atoms with E-state index in [-0.39, 0.29) is 0 Å². The molecule has 11 rings (SSSR count). The van der Waals surface area contributed by atoms with Crippen LogP contribution in [0.5, 0.6) is 0 Å². The molecule has 0 aliphatic carbocycles. The van der Waals surface area contributed by atoms with Crippen molar-refractivity contribution in [3.8, 4) is 51.0 Å². The minimum atomic E-state index is 0.856. The monoisotopic (exact) mass is 704 g/mol. The third-order valence-corrected chi connectivity index (χ3v) is 10.6. The largest absolute Gasteiger partial charge is 0.308 e. The summed E-state index contributed by atoms with van der Waals surface area (Å²) in [5.41, 5.74) is 12.4. The topological polar surface area (TPSA) is 53.5 Å². The van der Waals surface area contributed by atoms with Crippen molar-refractivity contribution in [3.63, 3.8) is 0 Å². The smallest absolute Gasteiger partial charge is 0.145 e. The summed E-state index contributed by atoms with van der Waals surface area (Å²) in [6, 6.07) is 59.9. The Morgan fingerprint density at radius 2 is 0.764 bits per heavy atom. The molecule has 5 aromatic heterocycles. The maximum Gasteiger partial charge on any atom is 0.145 e. The molecular weight excluding hydrogens is 673 g/mol. The van der Waals surface area contributed by atoms with Gasteiger partial charge in [-0.3, -0.25) is 14.5 Å². The number of hydrogen-bond donors (Lipinski definition) is 0. The van der Waals surface area contributed by atoms with Gasteiger partial charge in [-0.15, -0.1) is 0 Å². The van der Waals surface area contributed by atoms with Gasteiger partial charge in [0.1, 0.15) is 5.82 Å². The number of para-hydroxylation sites is 2. The van der Waals surface area contributed by atoms with Gasteiger partial charge in [-0.1, -0.05) is 127 Å². The van der Waals surface area contributed by atoms with Gasteiger partial charge < -0.3 is 9.13 Å². The highest BCUT2D eigenvalue weighted by atomic mass is 15.1. The molecule has 5 heterocycles. The van der Waals surface area contributed by atoms with Gasteiger partial charge in [0.15, 0.2) is 0 Å². The first kappa shape index (κ1) is 31.0. The summed E-state index contributed by atoms with van der Waals surface area (Å²) in [7, 11) is 0. The standard InChI is InChI=1S/C49H32N6/c1-4-14-33(15-5-1)47-48(34-16-6-2-7-17-34)55(49(52-47)35-18-8-3-9-19-35)38-29-36(53-43-22-12-10-20-39(43)41-24-26-50-31-45(41)53)28-37(30-38)54-44-23-13-11-21-40(44)42-25-27-51-32-46(42)54/h1-32H. The number of rotatable bonds is 6. The normalized spacial score (nSPS) is 11.6. The van der Waals surface area contributed by atoms with Crippen LogP contribution in [0.25, 0.3) is 94.6 Å². The van der Waals surface area contributed by atoms with Crippen LogP contribution < -0.4 is 0 Å². The lowest BCUT2D eigenvalue weighted by Crippen LogP contribution is -2.05. The van der Waals surface area contributed by atoms with E-state index in [1.807, 2.05) is 24.8 Å². The van der Waals surface area contributed by atoms with E-state index in [1.54, 1.807) is 0 Å². The summed E-state index contributed by atoms with van der Waals surface area (Å²) >= 11 is 0. The average Bonchev–Trinajstić information content (AvgIpc) is 3.93. The fraction of sp³-hybridized carbons (Fsp3) is 0. The Labute approximate surface area is 316 Å². The van der Waals surface area contributed by atoms with Crippen LogP contribution in [-0.2, 0) is 0 Å². The highest BCUT2D eigenvalue weighted by Crippen LogP contribution is 2.41. The molecule has 0 atom stereocenters. The summed E-state index contributed by atoms with van der Waals surface area (Å²) in [6.07, 6.45) is 7.70. The van der Waals surface area contributed by atoms with Crippen molar-refractivity contribution >= 4 is 43.6 Å². The van der Waals surface area contributed by atoms with Crippen molar-refractivity contribution in [2.45, 2.75) is 0 Å². The zero-order valence-corrected chi connectivity index (χ0v) is 29.7. The van der Waals surface area contributed by atoms with E-state index in [4.69, 9.17) is 4.98 Å². The summed E-state index contributed by atoms with van der Waals surface area (Å²) in [5, 5.41) is 4.67. The summed E-state index contributed by atoms with van der Waals surface area (Å²) in [5.74, 6) is 0.856. The molecule has 6 aromatic carbocycles. The molecule has 0 aliphatic heterocycles. The lowest BCUT2D eigenvalue weighted by Gasteiger charge is -2.19. The third-order valence-electron chi connectivity index (χ3n) is 10.6. The van der Waals surface area contributed by atoms with Crippen molar-refractivity contribution in [1.82, 2.24) is 28.7 Å². The molecule has 6 heteroatoms. The Morgan fingerprint density at radius 1 is 0.345 bits per heavy atom. The molecule has 0 N–H and O–H groups in total. The minimum absolute atomic E-state index is 0.856. The summed E-state index contributed by atoms with van der Waals surface area (Å²) in [4.78, 5) is 14.8. The second-order valence-electron chi connectivity index (χ2n) is 13.8. The maximum atomic E-state index is 5.52. The van der Waals surface area contributed by atoms with Crippen molar-refractivity contribution in [3.05, 3.63) is 195 Å². The average molecular weight is 705 g/mol. The van der Waals surface area contributed by atoms with E-state index in [0.717, 1.165) is 83.8 Å². The molecule has 258 valence electrons. The molecule has 0 aliphatic rings. The molecule has 0 saturated carbocycles. The highest BCUT2D eigenvalue weighted by molar-refractivity contribution is 6.10. The van der Waals surface area contributed by atoms with Gasteiger partial charge in [-0.2, -0.15) is 0 Å². The van der Waals surface area contributed by atoms with Crippen LogP contribution in [0.2, 0.25) is 0 Å². The van der Waals surface area contributed by atoms with Gasteiger partial charge in [0.05, 0.1) is 62.9 Å². The van der Waals surface area contributed by atoms with Crippen LogP contribution in [0.1, 0.15) is 0 Å². The van der Waals surface area contributed by atoms with Gasteiger partial charge in [-0.25, -0.2) is 4.98 Å². The van der Waals surface area contributed by atoms with Gasteiger partial charge in [0, 0.05) is 50.6 Å². The van der Waals surface area contributed by atoms with Crippen molar-refractivity contribution < 1.29 is 0 Å². The predicted molar refractivity (Wildman–Crippen MR) is 224 cm³/mol. The lowest BCUT2D eigenvalue weighted by atomic mass is 10.0. The maximum absolute atomic E-state index is 5.52. The van der Waals surface area contributed by atoms with E-state index in [0.29, 0.717) is 0 Å². The second kappa shape index (κ2) is 12.5. The molecule has 0 saturated heterocycles. The Morgan fingerprint density at radius 3 is 1.29 bits per heavy atom. The third kappa shape index (κ3) is 4.92. The Balaban J connectivity index is 1.31. The van der Waals surface area contributed by atoms with E-state index in [9.17, 15) is 0 Å². The number of nitrogens with zero attached hydrogens (tertiary/aromatic N) is 6. The number of benzene rings is 6. The van der Waals surface area contributed by atoms with Crippen LogP contribution >= 0.6 is 0 Å². The molecule has 0 spiro atoms. The van der Waals surface area contributed by atoms with Crippen LogP contribution in [-0.4, -0.2) is 28.7 Å². The minimum Gasteiger partial charge on any atom is -0.308 e. The predicted octanol–water partition coefficient (Wildman–Crippen LogP) is 11.9. The summed E-state index contributed by atoms with van der Waals surface area (Å²) in [6.45, 7) is 0. The van der Waals surface area contributed by atoms with Gasteiger partial charge in [0.2, 0.25) is 0 Å². The molecule has 0 fully saturated rings. The molecular formula is C49H32N6. The molecule has 0 unspecified atom stereocenters. The van der Waals surface area contributed by atoms with Crippen molar-refractivity contribution in [2.24, 2.45) is 0 Å². The van der Waals surface area contributed by atoms with E-state index < -0.39 is 0 Å². The van der Waals surface area contributed by atoms with Crippen LogP contribution in [0, 0.1) is 0 Å². The Hall–Kier alpha value is -7.57. The van der Waals surface area contributed by atoms with Gasteiger partial charge >= 0.3 is 0 Å². The van der Waals surface area contributed by atoms with Crippen molar-refractivity contribution in [1.29, 1.82) is 0 Å². The van der Waals surface area contributed by atoms with Gasteiger partial charge in [0.25, 0.3) is 0 Å². The summed E-state index contributed by atoms with van der Waals surface area (Å²) < 4.78 is 7.03. The quantitative estimate of drug-likeness (QED) is 0.173. The number of fused-ring (bicyclic) bond motifs is 6.